The third-order valence-corrected chi connectivity index (χ3v) is 5.23. The van der Waals surface area contributed by atoms with Crippen LogP contribution in [0.1, 0.15) is 35.1 Å². The smallest absolute Gasteiger partial charge is 0.251 e. The van der Waals surface area contributed by atoms with Gasteiger partial charge in [-0.25, -0.2) is 4.98 Å². The van der Waals surface area contributed by atoms with Crippen molar-refractivity contribution in [3.63, 3.8) is 0 Å². The van der Waals surface area contributed by atoms with Gasteiger partial charge in [-0.15, -0.1) is 0 Å². The molecule has 0 bridgehead atoms. The fraction of sp³-hybridized carbons (Fsp3) is 0.300. The lowest BCUT2D eigenvalue weighted by molar-refractivity contribution is 0.0951. The quantitative estimate of drug-likeness (QED) is 0.767. The number of nitrogens with zero attached hydrogens (tertiary/aromatic N) is 2. The van der Waals surface area contributed by atoms with Gasteiger partial charge in [-0.05, 0) is 42.2 Å². The van der Waals surface area contributed by atoms with E-state index in [1.165, 1.54) is 6.42 Å². The second kappa shape index (κ2) is 6.52. The second-order valence-electron chi connectivity index (χ2n) is 6.76. The number of nitrogens with one attached hydrogen (secondary N) is 1. The van der Waals surface area contributed by atoms with Crippen LogP contribution in [0.25, 0.3) is 11.0 Å². The summed E-state index contributed by atoms with van der Waals surface area (Å²) in [5, 5.41) is 3.59. The minimum atomic E-state index is -0.110. The summed E-state index contributed by atoms with van der Waals surface area (Å²) in [6.45, 7) is 3.68. The molecular weight excluding hydrogens is 334 g/mol. The van der Waals surface area contributed by atoms with E-state index in [0.29, 0.717) is 23.0 Å². The van der Waals surface area contributed by atoms with Gasteiger partial charge in [-0.3, -0.25) is 4.79 Å². The van der Waals surface area contributed by atoms with E-state index in [4.69, 9.17) is 16.6 Å². The maximum atomic E-state index is 12.5. The molecule has 1 unspecified atom stereocenters. The van der Waals surface area contributed by atoms with E-state index in [1.54, 1.807) is 0 Å². The molecule has 1 N–H and O–H groups in total. The van der Waals surface area contributed by atoms with Crippen LogP contribution in [-0.4, -0.2) is 15.5 Å². The van der Waals surface area contributed by atoms with E-state index in [-0.39, 0.29) is 5.91 Å². The van der Waals surface area contributed by atoms with Gasteiger partial charge in [-0.2, -0.15) is 0 Å². The van der Waals surface area contributed by atoms with Gasteiger partial charge in [0.05, 0.1) is 11.0 Å². The molecule has 1 aromatic heterocycles. The Morgan fingerprint density at radius 1 is 1.32 bits per heavy atom. The van der Waals surface area contributed by atoms with Crippen LogP contribution in [-0.2, 0) is 19.5 Å². The predicted octanol–water partition coefficient (Wildman–Crippen LogP) is 4.20. The van der Waals surface area contributed by atoms with Crippen molar-refractivity contribution < 1.29 is 4.79 Å². The van der Waals surface area contributed by atoms with Gasteiger partial charge < -0.3 is 9.88 Å². The Bertz CT molecular complexity index is 947. The van der Waals surface area contributed by atoms with Gasteiger partial charge >= 0.3 is 0 Å². The summed E-state index contributed by atoms with van der Waals surface area (Å²) in [5.41, 5.74) is 3.55. The summed E-state index contributed by atoms with van der Waals surface area (Å²) in [6.07, 6.45) is 2.18. The Kier molecular flexibility index (Phi) is 4.22. The number of amides is 1. The fourth-order valence-electron chi connectivity index (χ4n) is 3.41. The zero-order chi connectivity index (χ0) is 17.4. The molecule has 4 nitrogen and oxygen atoms in total. The lowest BCUT2D eigenvalue weighted by Crippen LogP contribution is -2.22. The van der Waals surface area contributed by atoms with Crippen LogP contribution in [0.5, 0.6) is 0 Å². The monoisotopic (exact) mass is 353 g/mol. The van der Waals surface area contributed by atoms with Crippen molar-refractivity contribution in [2.75, 3.05) is 0 Å². The average molecular weight is 354 g/mol. The van der Waals surface area contributed by atoms with E-state index in [0.717, 1.165) is 35.4 Å². The summed E-state index contributed by atoms with van der Waals surface area (Å²) in [5.74, 6) is 1.69. The SMILES string of the molecule is CC1CCn2c(nc3cc(C(=O)NCc4ccccc4Cl)ccc32)C1. The van der Waals surface area contributed by atoms with Gasteiger partial charge in [0, 0.05) is 30.1 Å². The van der Waals surface area contributed by atoms with Crippen molar-refractivity contribution in [1.82, 2.24) is 14.9 Å². The van der Waals surface area contributed by atoms with Crippen molar-refractivity contribution in [1.29, 1.82) is 0 Å². The van der Waals surface area contributed by atoms with Crippen LogP contribution in [0.2, 0.25) is 5.02 Å². The molecule has 3 aromatic rings. The third-order valence-electron chi connectivity index (χ3n) is 4.86. The zero-order valence-corrected chi connectivity index (χ0v) is 14.9. The van der Waals surface area contributed by atoms with E-state index in [1.807, 2.05) is 42.5 Å². The molecule has 0 saturated heterocycles. The molecule has 0 saturated carbocycles. The Morgan fingerprint density at radius 2 is 2.16 bits per heavy atom. The molecule has 128 valence electrons. The van der Waals surface area contributed by atoms with Gasteiger partial charge in [0.1, 0.15) is 5.82 Å². The highest BCUT2D eigenvalue weighted by Gasteiger charge is 2.19. The van der Waals surface area contributed by atoms with Gasteiger partial charge in [-0.1, -0.05) is 36.7 Å². The summed E-state index contributed by atoms with van der Waals surface area (Å²) in [6, 6.07) is 13.3. The fourth-order valence-corrected chi connectivity index (χ4v) is 3.61. The van der Waals surface area contributed by atoms with E-state index in [2.05, 4.69) is 16.8 Å². The summed E-state index contributed by atoms with van der Waals surface area (Å²) < 4.78 is 2.28. The van der Waals surface area contributed by atoms with Crippen LogP contribution in [0, 0.1) is 5.92 Å². The third kappa shape index (κ3) is 3.14. The van der Waals surface area contributed by atoms with E-state index >= 15 is 0 Å². The lowest BCUT2D eigenvalue weighted by Gasteiger charge is -2.19. The van der Waals surface area contributed by atoms with Crippen molar-refractivity contribution in [2.45, 2.75) is 32.9 Å². The van der Waals surface area contributed by atoms with Gasteiger partial charge in [0.2, 0.25) is 0 Å². The number of aryl methyl sites for hydroxylation is 1. The van der Waals surface area contributed by atoms with E-state index < -0.39 is 0 Å². The minimum Gasteiger partial charge on any atom is -0.348 e. The number of imidazole rings is 1. The second-order valence-corrected chi connectivity index (χ2v) is 7.16. The number of hydrogen-bond donors (Lipinski definition) is 1. The summed E-state index contributed by atoms with van der Waals surface area (Å²) in [4.78, 5) is 17.2. The first-order valence-corrected chi connectivity index (χ1v) is 9.00. The Balaban J connectivity index is 1.55. The maximum Gasteiger partial charge on any atom is 0.251 e. The molecule has 1 aliphatic heterocycles. The van der Waals surface area contributed by atoms with E-state index in [9.17, 15) is 4.79 Å². The number of rotatable bonds is 3. The zero-order valence-electron chi connectivity index (χ0n) is 14.1. The van der Waals surface area contributed by atoms with Crippen molar-refractivity contribution in [2.24, 2.45) is 5.92 Å². The summed E-state index contributed by atoms with van der Waals surface area (Å²) in [7, 11) is 0. The van der Waals surface area contributed by atoms with Gasteiger partial charge in [0.15, 0.2) is 0 Å². The number of carbonyl (C=O) groups excluding carboxylic acids is 1. The van der Waals surface area contributed by atoms with Crippen LogP contribution >= 0.6 is 11.6 Å². The van der Waals surface area contributed by atoms with Crippen molar-refractivity contribution >= 4 is 28.5 Å². The largest absolute Gasteiger partial charge is 0.348 e. The number of fused-ring (bicyclic) bond motifs is 3. The molecule has 4 rings (SSSR count). The topological polar surface area (TPSA) is 46.9 Å². The number of halogens is 1. The predicted molar refractivity (Wildman–Crippen MR) is 99.8 cm³/mol. The molecule has 2 heterocycles. The van der Waals surface area contributed by atoms with Gasteiger partial charge in [0.25, 0.3) is 5.91 Å². The molecule has 0 spiro atoms. The molecule has 0 radical (unpaired) electrons. The lowest BCUT2D eigenvalue weighted by atomic mass is 10.0. The van der Waals surface area contributed by atoms with Crippen LogP contribution in [0.4, 0.5) is 0 Å². The molecule has 0 aliphatic carbocycles. The first-order chi connectivity index (χ1) is 12.1. The number of benzene rings is 2. The molecule has 1 atom stereocenters. The molecule has 0 fully saturated rings. The molecular formula is C20H20ClN3O. The molecule has 25 heavy (non-hydrogen) atoms. The van der Waals surface area contributed by atoms with Crippen LogP contribution in [0.3, 0.4) is 0 Å². The standard InChI is InChI=1S/C20H20ClN3O/c1-13-8-9-24-18-7-6-14(11-17(18)23-19(24)10-13)20(25)22-12-15-4-2-3-5-16(15)21/h2-7,11,13H,8-10,12H2,1H3,(H,22,25). The highest BCUT2D eigenvalue weighted by molar-refractivity contribution is 6.31. The molecule has 5 heteroatoms. The van der Waals surface area contributed by atoms with Crippen molar-refractivity contribution in [3.05, 3.63) is 64.4 Å². The Labute approximate surface area is 151 Å². The Morgan fingerprint density at radius 3 is 3.00 bits per heavy atom. The van der Waals surface area contributed by atoms with Crippen LogP contribution < -0.4 is 5.32 Å². The van der Waals surface area contributed by atoms with Crippen LogP contribution in [0.15, 0.2) is 42.5 Å². The highest BCUT2D eigenvalue weighted by atomic mass is 35.5. The molecule has 1 amide bonds. The van der Waals surface area contributed by atoms with Crippen molar-refractivity contribution in [3.8, 4) is 0 Å². The minimum absolute atomic E-state index is 0.110. The first kappa shape index (κ1) is 16.2. The normalized spacial score (nSPS) is 16.6. The molecule has 2 aromatic carbocycles. The number of aromatic nitrogens is 2. The summed E-state index contributed by atoms with van der Waals surface area (Å²) >= 11 is 6.14. The molecule has 1 aliphatic rings. The number of hydrogen-bond acceptors (Lipinski definition) is 2. The Hall–Kier alpha value is -2.33. The maximum absolute atomic E-state index is 12.5. The highest BCUT2D eigenvalue weighted by Crippen LogP contribution is 2.26. The average Bonchev–Trinajstić information content (AvgIpc) is 2.97. The first-order valence-electron chi connectivity index (χ1n) is 8.62. The number of carbonyl (C=O) groups is 1.